The van der Waals surface area contributed by atoms with Crippen LogP contribution in [0.5, 0.6) is 0 Å². The molecule has 0 aliphatic heterocycles. The van der Waals surface area contributed by atoms with Crippen molar-refractivity contribution in [2.45, 2.75) is 12.3 Å². The van der Waals surface area contributed by atoms with Gasteiger partial charge in [0.1, 0.15) is 0 Å². The molecule has 0 saturated heterocycles. The van der Waals surface area contributed by atoms with Gasteiger partial charge in [0.25, 0.3) is 0 Å². The number of hydrogen-bond acceptors (Lipinski definition) is 2. The molecule has 2 bridgehead atoms. The maximum Gasteiger partial charge on any atom is 0.192 e. The number of allylic oxidation sites excluding steroid dienone is 2. The zero-order chi connectivity index (χ0) is 12.7. The van der Waals surface area contributed by atoms with Crippen molar-refractivity contribution in [2.75, 3.05) is 6.26 Å². The Morgan fingerprint density at radius 2 is 1.89 bits per heavy atom. The van der Waals surface area contributed by atoms with Crippen LogP contribution in [0.1, 0.15) is 17.9 Å². The third kappa shape index (κ3) is 1.92. The van der Waals surface area contributed by atoms with Crippen LogP contribution in [0.15, 0.2) is 36.4 Å². The van der Waals surface area contributed by atoms with Crippen molar-refractivity contribution in [1.29, 1.82) is 0 Å². The topological polar surface area (TPSA) is 17.1 Å². The number of rotatable bonds is 2. The highest BCUT2D eigenvalue weighted by atomic mass is 35.5. The Morgan fingerprint density at radius 1 is 1.22 bits per heavy atom. The van der Waals surface area contributed by atoms with Crippen LogP contribution in [0.2, 0.25) is 5.02 Å². The summed E-state index contributed by atoms with van der Waals surface area (Å²) in [6.07, 6.45) is 7.53. The molecule has 18 heavy (non-hydrogen) atoms. The molecule has 2 aliphatic carbocycles. The summed E-state index contributed by atoms with van der Waals surface area (Å²) in [5, 5.41) is 1.08. The van der Waals surface area contributed by atoms with Gasteiger partial charge in [-0.2, -0.15) is 0 Å². The lowest BCUT2D eigenvalue weighted by molar-refractivity contribution is -0.115. The van der Waals surface area contributed by atoms with Gasteiger partial charge in [0, 0.05) is 16.9 Å². The molecule has 3 heteroatoms. The SMILES string of the molecule is CSC(=O)[C@H]1[C@H](c2ccc(Cl)cc2)[C@H]2C=C[C@@H]1C2. The van der Waals surface area contributed by atoms with Crippen LogP contribution < -0.4 is 0 Å². The Morgan fingerprint density at radius 3 is 2.56 bits per heavy atom. The molecule has 1 fully saturated rings. The molecule has 0 heterocycles. The average molecular weight is 279 g/mol. The van der Waals surface area contributed by atoms with E-state index in [0.717, 1.165) is 11.4 Å². The number of carbonyl (C=O) groups is 1. The van der Waals surface area contributed by atoms with Crippen LogP contribution in [0.25, 0.3) is 0 Å². The first-order valence-corrected chi connectivity index (χ1v) is 7.82. The molecular formula is C15H15ClOS. The summed E-state index contributed by atoms with van der Waals surface area (Å²) in [7, 11) is 0. The molecule has 0 amide bonds. The Bertz CT molecular complexity index is 494. The first kappa shape index (κ1) is 12.3. The van der Waals surface area contributed by atoms with Gasteiger partial charge in [-0.15, -0.1) is 0 Å². The van der Waals surface area contributed by atoms with Crippen LogP contribution in [0.3, 0.4) is 0 Å². The highest BCUT2D eigenvalue weighted by Crippen LogP contribution is 2.54. The van der Waals surface area contributed by atoms with Crippen molar-refractivity contribution in [1.82, 2.24) is 0 Å². The summed E-state index contributed by atoms with van der Waals surface area (Å²) in [6.45, 7) is 0. The minimum Gasteiger partial charge on any atom is -0.287 e. The molecule has 1 saturated carbocycles. The molecule has 1 aromatic rings. The molecule has 4 atom stereocenters. The molecule has 0 N–H and O–H groups in total. The van der Waals surface area contributed by atoms with Crippen LogP contribution in [0, 0.1) is 17.8 Å². The molecule has 0 radical (unpaired) electrons. The first-order valence-electron chi connectivity index (χ1n) is 6.22. The number of halogens is 1. The largest absolute Gasteiger partial charge is 0.287 e. The zero-order valence-electron chi connectivity index (χ0n) is 10.2. The number of hydrogen-bond donors (Lipinski definition) is 0. The van der Waals surface area contributed by atoms with Crippen LogP contribution in [-0.2, 0) is 4.79 Å². The highest BCUT2D eigenvalue weighted by molar-refractivity contribution is 8.13. The predicted molar refractivity (Wildman–Crippen MR) is 76.9 cm³/mol. The Hall–Kier alpha value is -0.730. The molecular weight excluding hydrogens is 264 g/mol. The van der Waals surface area contributed by atoms with Gasteiger partial charge in [-0.3, -0.25) is 4.79 Å². The first-order chi connectivity index (χ1) is 8.70. The van der Waals surface area contributed by atoms with Crippen LogP contribution in [-0.4, -0.2) is 11.4 Å². The molecule has 0 spiro atoms. The van der Waals surface area contributed by atoms with Crippen molar-refractivity contribution < 1.29 is 4.79 Å². The van der Waals surface area contributed by atoms with E-state index in [9.17, 15) is 4.79 Å². The third-order valence-corrected chi connectivity index (χ3v) is 5.11. The molecule has 2 aliphatic rings. The molecule has 0 unspecified atom stereocenters. The number of fused-ring (bicyclic) bond motifs is 2. The van der Waals surface area contributed by atoms with Gasteiger partial charge in [0.2, 0.25) is 0 Å². The summed E-state index contributed by atoms with van der Waals surface area (Å²) in [6, 6.07) is 7.99. The van der Waals surface area contributed by atoms with Gasteiger partial charge in [0.05, 0.1) is 0 Å². The fourth-order valence-electron chi connectivity index (χ4n) is 3.42. The van der Waals surface area contributed by atoms with Gasteiger partial charge in [-0.25, -0.2) is 0 Å². The molecule has 1 nitrogen and oxygen atoms in total. The van der Waals surface area contributed by atoms with Crippen LogP contribution >= 0.6 is 23.4 Å². The second-order valence-corrected chi connectivity index (χ2v) is 6.32. The van der Waals surface area contributed by atoms with E-state index in [4.69, 9.17) is 11.6 Å². The summed E-state index contributed by atoms with van der Waals surface area (Å²) < 4.78 is 0. The van der Waals surface area contributed by atoms with Gasteiger partial charge >= 0.3 is 0 Å². The van der Waals surface area contributed by atoms with E-state index in [0.29, 0.717) is 22.9 Å². The molecule has 1 aromatic carbocycles. The summed E-state index contributed by atoms with van der Waals surface area (Å²) in [5.41, 5.74) is 1.25. The lowest BCUT2D eigenvalue weighted by Gasteiger charge is -2.26. The van der Waals surface area contributed by atoms with Crippen molar-refractivity contribution in [2.24, 2.45) is 17.8 Å². The molecule has 3 rings (SSSR count). The zero-order valence-corrected chi connectivity index (χ0v) is 11.7. The normalized spacial score (nSPS) is 33.0. The third-order valence-electron chi connectivity index (χ3n) is 4.19. The van der Waals surface area contributed by atoms with E-state index >= 15 is 0 Å². The lowest BCUT2D eigenvalue weighted by atomic mass is 9.79. The van der Waals surface area contributed by atoms with E-state index in [2.05, 4.69) is 24.3 Å². The summed E-state index contributed by atoms with van der Waals surface area (Å²) >= 11 is 7.30. The number of benzene rings is 1. The average Bonchev–Trinajstić information content (AvgIpc) is 2.99. The second kappa shape index (κ2) is 4.75. The van der Waals surface area contributed by atoms with E-state index in [1.54, 1.807) is 0 Å². The van der Waals surface area contributed by atoms with Crippen molar-refractivity contribution in [3.05, 3.63) is 47.0 Å². The fourth-order valence-corrected chi connectivity index (χ4v) is 4.14. The Labute approximate surface area is 117 Å². The smallest absolute Gasteiger partial charge is 0.192 e. The van der Waals surface area contributed by atoms with E-state index < -0.39 is 0 Å². The Kier molecular flexibility index (Phi) is 3.25. The maximum atomic E-state index is 12.2. The monoisotopic (exact) mass is 278 g/mol. The fraction of sp³-hybridized carbons (Fsp3) is 0.400. The van der Waals surface area contributed by atoms with Gasteiger partial charge in [-0.05, 0) is 42.2 Å². The lowest BCUT2D eigenvalue weighted by Crippen LogP contribution is -2.24. The maximum absolute atomic E-state index is 12.2. The second-order valence-electron chi connectivity index (χ2n) is 5.07. The number of thioether (sulfide) groups is 1. The molecule has 0 aromatic heterocycles. The highest BCUT2D eigenvalue weighted by Gasteiger charge is 2.48. The van der Waals surface area contributed by atoms with E-state index in [1.165, 1.54) is 17.3 Å². The standard InChI is InChI=1S/C15H15ClOS/c1-18-15(17)14-11-3-2-10(8-11)13(14)9-4-6-12(16)7-5-9/h2-7,10-11,13-14H,8H2,1H3/t10-,11+,13+,14+/m0/s1. The van der Waals surface area contributed by atoms with Gasteiger partial charge in [-0.1, -0.05) is 47.6 Å². The van der Waals surface area contributed by atoms with Crippen LogP contribution in [0.4, 0.5) is 0 Å². The van der Waals surface area contributed by atoms with Crippen molar-refractivity contribution in [3.8, 4) is 0 Å². The minimum atomic E-state index is 0.149. The summed E-state index contributed by atoms with van der Waals surface area (Å²) in [4.78, 5) is 12.2. The van der Waals surface area contributed by atoms with Crippen molar-refractivity contribution in [3.63, 3.8) is 0 Å². The number of carbonyl (C=O) groups excluding carboxylic acids is 1. The predicted octanol–water partition coefficient (Wildman–Crippen LogP) is 4.14. The molecule has 94 valence electrons. The van der Waals surface area contributed by atoms with E-state index in [1.807, 2.05) is 18.4 Å². The van der Waals surface area contributed by atoms with Gasteiger partial charge < -0.3 is 0 Å². The minimum absolute atomic E-state index is 0.149. The summed E-state index contributed by atoms with van der Waals surface area (Å²) in [5.74, 6) is 1.46. The quantitative estimate of drug-likeness (QED) is 0.757. The van der Waals surface area contributed by atoms with E-state index in [-0.39, 0.29) is 5.92 Å². The van der Waals surface area contributed by atoms with Gasteiger partial charge in [0.15, 0.2) is 5.12 Å². The Balaban J connectivity index is 1.96. The van der Waals surface area contributed by atoms with Crippen molar-refractivity contribution >= 4 is 28.5 Å².